The largest absolute Gasteiger partial charge is 0.346 e. The summed E-state index contributed by atoms with van der Waals surface area (Å²) in [5.41, 5.74) is 3.18. The average molecular weight is 308 g/mol. The highest BCUT2D eigenvalue weighted by Crippen LogP contribution is 2.17. The lowest BCUT2D eigenvalue weighted by Crippen LogP contribution is -2.42. The zero-order chi connectivity index (χ0) is 15.5. The second-order valence-electron chi connectivity index (χ2n) is 5.82. The maximum absolute atomic E-state index is 4.45. The Morgan fingerprint density at radius 2 is 1.91 bits per heavy atom. The van der Waals surface area contributed by atoms with Crippen LogP contribution in [0.3, 0.4) is 0 Å². The van der Waals surface area contributed by atoms with Crippen molar-refractivity contribution in [2.45, 2.75) is 6.54 Å². The summed E-state index contributed by atoms with van der Waals surface area (Å²) in [5, 5.41) is 7.65. The van der Waals surface area contributed by atoms with Crippen molar-refractivity contribution in [2.24, 2.45) is 0 Å². The van der Waals surface area contributed by atoms with Crippen LogP contribution in [0.4, 0.5) is 11.6 Å². The number of nitrogens with zero attached hydrogens (tertiary/aromatic N) is 3. The van der Waals surface area contributed by atoms with E-state index >= 15 is 0 Å². The second kappa shape index (κ2) is 6.36. The Kier molecular flexibility index (Phi) is 3.92. The molecule has 0 atom stereocenters. The second-order valence-corrected chi connectivity index (χ2v) is 5.82. The van der Waals surface area contributed by atoms with Crippen LogP contribution in [0.15, 0.2) is 42.7 Å². The van der Waals surface area contributed by atoms with E-state index < -0.39 is 0 Å². The lowest BCUT2D eigenvalue weighted by atomic mass is 10.2. The van der Waals surface area contributed by atoms with Gasteiger partial charge in [-0.25, -0.2) is 4.98 Å². The fourth-order valence-corrected chi connectivity index (χ4v) is 2.85. The molecule has 3 aromatic rings. The van der Waals surface area contributed by atoms with Gasteiger partial charge in [-0.1, -0.05) is 12.1 Å². The average Bonchev–Trinajstić information content (AvgIpc) is 3.05. The van der Waals surface area contributed by atoms with Crippen molar-refractivity contribution >= 4 is 22.7 Å². The van der Waals surface area contributed by atoms with E-state index in [9.17, 15) is 0 Å². The maximum Gasteiger partial charge on any atom is 0.229 e. The molecule has 2 aromatic heterocycles. The van der Waals surface area contributed by atoms with Gasteiger partial charge in [0.1, 0.15) is 5.65 Å². The molecule has 1 saturated heterocycles. The molecule has 3 heterocycles. The number of hydrogen-bond acceptors (Lipinski definition) is 5. The maximum atomic E-state index is 4.45. The van der Waals surface area contributed by atoms with E-state index in [0.29, 0.717) is 5.95 Å². The molecule has 3 N–H and O–H groups in total. The third kappa shape index (κ3) is 3.33. The summed E-state index contributed by atoms with van der Waals surface area (Å²) in [6.07, 6.45) is 3.69. The SMILES string of the molecule is c1cc2cnc(Nc3ccc(CN4CCNCC4)cc3)nc2[nH]1. The predicted molar refractivity (Wildman–Crippen MR) is 91.8 cm³/mol. The first kappa shape index (κ1) is 14.2. The molecule has 1 aliphatic heterocycles. The van der Waals surface area contributed by atoms with Gasteiger partial charge in [-0.15, -0.1) is 0 Å². The lowest BCUT2D eigenvalue weighted by molar-refractivity contribution is 0.233. The summed E-state index contributed by atoms with van der Waals surface area (Å²) in [4.78, 5) is 14.4. The zero-order valence-corrected chi connectivity index (χ0v) is 12.9. The standard InChI is InChI=1S/C17H20N6/c1-3-15(4-2-13(1)12-23-9-7-18-8-10-23)21-17-20-11-14-5-6-19-16(14)22-17/h1-6,11,18H,7-10,12H2,(H2,19,20,21,22). The van der Waals surface area contributed by atoms with Gasteiger partial charge in [0.25, 0.3) is 0 Å². The number of piperazine rings is 1. The lowest BCUT2D eigenvalue weighted by Gasteiger charge is -2.27. The van der Waals surface area contributed by atoms with Gasteiger partial charge in [0, 0.05) is 56.2 Å². The summed E-state index contributed by atoms with van der Waals surface area (Å²) in [7, 11) is 0. The molecule has 4 rings (SSSR count). The Morgan fingerprint density at radius 1 is 1.09 bits per heavy atom. The van der Waals surface area contributed by atoms with Crippen molar-refractivity contribution in [3.63, 3.8) is 0 Å². The first-order chi connectivity index (χ1) is 11.4. The summed E-state index contributed by atoms with van der Waals surface area (Å²) < 4.78 is 0. The fraction of sp³-hybridized carbons (Fsp3) is 0.294. The van der Waals surface area contributed by atoms with Crippen molar-refractivity contribution in [1.29, 1.82) is 0 Å². The third-order valence-electron chi connectivity index (χ3n) is 4.13. The van der Waals surface area contributed by atoms with E-state index in [4.69, 9.17) is 0 Å². The van der Waals surface area contributed by atoms with Crippen LogP contribution in [0.25, 0.3) is 11.0 Å². The highest BCUT2D eigenvalue weighted by molar-refractivity contribution is 5.75. The molecule has 0 saturated carbocycles. The number of fused-ring (bicyclic) bond motifs is 1. The molecular weight excluding hydrogens is 288 g/mol. The molecule has 1 fully saturated rings. The molecule has 0 radical (unpaired) electrons. The van der Waals surface area contributed by atoms with E-state index in [2.05, 4.69) is 54.8 Å². The Bertz CT molecular complexity index is 773. The number of hydrogen-bond donors (Lipinski definition) is 3. The monoisotopic (exact) mass is 308 g/mol. The molecular formula is C17H20N6. The summed E-state index contributed by atoms with van der Waals surface area (Å²) in [6.45, 7) is 5.40. The molecule has 23 heavy (non-hydrogen) atoms. The van der Waals surface area contributed by atoms with Crippen molar-refractivity contribution in [3.8, 4) is 0 Å². The number of aromatic amines is 1. The van der Waals surface area contributed by atoms with Gasteiger partial charge in [0.15, 0.2) is 0 Å². The van der Waals surface area contributed by atoms with Gasteiger partial charge in [0.2, 0.25) is 5.95 Å². The van der Waals surface area contributed by atoms with E-state index in [1.54, 1.807) is 0 Å². The van der Waals surface area contributed by atoms with Gasteiger partial charge < -0.3 is 15.6 Å². The van der Waals surface area contributed by atoms with Gasteiger partial charge in [-0.05, 0) is 23.8 Å². The third-order valence-corrected chi connectivity index (χ3v) is 4.13. The first-order valence-corrected chi connectivity index (χ1v) is 7.96. The first-order valence-electron chi connectivity index (χ1n) is 7.96. The number of benzene rings is 1. The molecule has 0 bridgehead atoms. The van der Waals surface area contributed by atoms with Crippen LogP contribution < -0.4 is 10.6 Å². The Labute approximate surface area is 134 Å². The molecule has 0 spiro atoms. The quantitative estimate of drug-likeness (QED) is 0.689. The van der Waals surface area contributed by atoms with E-state index in [1.807, 2.05) is 18.5 Å². The summed E-state index contributed by atoms with van der Waals surface area (Å²) >= 11 is 0. The molecule has 0 amide bonds. The minimum Gasteiger partial charge on any atom is -0.346 e. The van der Waals surface area contributed by atoms with Gasteiger partial charge in [0.05, 0.1) is 0 Å². The molecule has 0 unspecified atom stereocenters. The van der Waals surface area contributed by atoms with Crippen molar-refractivity contribution in [1.82, 2.24) is 25.2 Å². The summed E-state index contributed by atoms with van der Waals surface area (Å²) in [6, 6.07) is 10.5. The van der Waals surface area contributed by atoms with Gasteiger partial charge in [-0.2, -0.15) is 4.98 Å². The number of rotatable bonds is 4. The molecule has 1 aromatic carbocycles. The number of nitrogens with one attached hydrogen (secondary N) is 3. The van der Waals surface area contributed by atoms with Crippen LogP contribution in [0.2, 0.25) is 0 Å². The number of anilines is 2. The highest BCUT2D eigenvalue weighted by atomic mass is 15.2. The van der Waals surface area contributed by atoms with E-state index in [1.165, 1.54) is 5.56 Å². The smallest absolute Gasteiger partial charge is 0.229 e. The van der Waals surface area contributed by atoms with E-state index in [-0.39, 0.29) is 0 Å². The van der Waals surface area contributed by atoms with Crippen molar-refractivity contribution in [2.75, 3.05) is 31.5 Å². The number of aromatic nitrogens is 3. The zero-order valence-electron chi connectivity index (χ0n) is 12.9. The normalized spacial score (nSPS) is 15.8. The van der Waals surface area contributed by atoms with Crippen LogP contribution in [0, 0.1) is 0 Å². The Balaban J connectivity index is 1.42. The van der Waals surface area contributed by atoms with Crippen molar-refractivity contribution < 1.29 is 0 Å². The topological polar surface area (TPSA) is 68.9 Å². The molecule has 6 heteroatoms. The highest BCUT2D eigenvalue weighted by Gasteiger charge is 2.09. The van der Waals surface area contributed by atoms with Crippen molar-refractivity contribution in [3.05, 3.63) is 48.3 Å². The Morgan fingerprint density at radius 3 is 2.74 bits per heavy atom. The minimum absolute atomic E-state index is 0.606. The number of H-pyrrole nitrogens is 1. The van der Waals surface area contributed by atoms with Crippen LogP contribution in [0.1, 0.15) is 5.56 Å². The molecule has 0 aliphatic carbocycles. The van der Waals surface area contributed by atoms with Gasteiger partial charge in [-0.3, -0.25) is 4.90 Å². The minimum atomic E-state index is 0.606. The van der Waals surface area contributed by atoms with Crippen LogP contribution in [-0.2, 0) is 6.54 Å². The van der Waals surface area contributed by atoms with E-state index in [0.717, 1.165) is 49.4 Å². The summed E-state index contributed by atoms with van der Waals surface area (Å²) in [5.74, 6) is 0.606. The predicted octanol–water partition coefficient (Wildman–Crippen LogP) is 2.11. The van der Waals surface area contributed by atoms with Crippen LogP contribution >= 0.6 is 0 Å². The Hall–Kier alpha value is -2.44. The van der Waals surface area contributed by atoms with Crippen LogP contribution in [0.5, 0.6) is 0 Å². The fourth-order valence-electron chi connectivity index (χ4n) is 2.85. The molecule has 1 aliphatic rings. The van der Waals surface area contributed by atoms with Gasteiger partial charge >= 0.3 is 0 Å². The molecule has 6 nitrogen and oxygen atoms in total. The van der Waals surface area contributed by atoms with Crippen LogP contribution in [-0.4, -0.2) is 46.0 Å². The molecule has 118 valence electrons.